The summed E-state index contributed by atoms with van der Waals surface area (Å²) in [4.78, 5) is 16.4. The highest BCUT2D eigenvalue weighted by molar-refractivity contribution is 8.00. The highest BCUT2D eigenvalue weighted by Crippen LogP contribution is 2.43. The van der Waals surface area contributed by atoms with Gasteiger partial charge in [0.2, 0.25) is 5.91 Å². The van der Waals surface area contributed by atoms with Gasteiger partial charge in [-0.1, -0.05) is 60.7 Å². The van der Waals surface area contributed by atoms with Crippen molar-refractivity contribution in [3.63, 3.8) is 0 Å². The number of aromatic nitrogens is 2. The van der Waals surface area contributed by atoms with E-state index in [0.717, 1.165) is 4.57 Å². The SMILES string of the molecule is CC(=O)n1c(SC(F)(F)C(F)F)nc(-c2ccccc2)c1-c1ccccc1. The second-order valence-electron chi connectivity index (χ2n) is 5.64. The molecule has 27 heavy (non-hydrogen) atoms. The molecule has 0 aliphatic rings. The number of halogens is 4. The molecule has 0 unspecified atom stereocenters. The van der Waals surface area contributed by atoms with Crippen LogP contribution >= 0.6 is 11.8 Å². The number of thioether (sulfide) groups is 1. The van der Waals surface area contributed by atoms with Gasteiger partial charge >= 0.3 is 11.7 Å². The van der Waals surface area contributed by atoms with Gasteiger partial charge in [0, 0.05) is 18.1 Å². The van der Waals surface area contributed by atoms with Gasteiger partial charge in [0.25, 0.3) is 0 Å². The first-order chi connectivity index (χ1) is 12.8. The molecule has 3 nitrogen and oxygen atoms in total. The first-order valence-corrected chi connectivity index (χ1v) is 8.72. The Balaban J connectivity index is 2.27. The van der Waals surface area contributed by atoms with Gasteiger partial charge in [-0.05, 0) is 11.8 Å². The fourth-order valence-electron chi connectivity index (χ4n) is 2.59. The number of imidazole rings is 1. The number of alkyl halides is 4. The van der Waals surface area contributed by atoms with Crippen molar-refractivity contribution in [1.82, 2.24) is 9.55 Å². The minimum absolute atomic E-state index is 0.268. The van der Waals surface area contributed by atoms with Gasteiger partial charge in [0.05, 0.1) is 11.4 Å². The molecule has 0 N–H and O–H groups in total. The van der Waals surface area contributed by atoms with Gasteiger partial charge in [0.15, 0.2) is 5.16 Å². The van der Waals surface area contributed by atoms with Crippen molar-refractivity contribution in [3.05, 3.63) is 60.7 Å². The van der Waals surface area contributed by atoms with E-state index in [1.54, 1.807) is 60.7 Å². The second-order valence-corrected chi connectivity index (χ2v) is 6.76. The molecule has 1 heterocycles. The van der Waals surface area contributed by atoms with E-state index >= 15 is 0 Å². The van der Waals surface area contributed by atoms with E-state index in [-0.39, 0.29) is 11.4 Å². The predicted molar refractivity (Wildman–Crippen MR) is 96.2 cm³/mol. The smallest absolute Gasteiger partial charge is 0.274 e. The van der Waals surface area contributed by atoms with Gasteiger partial charge in [0.1, 0.15) is 0 Å². The van der Waals surface area contributed by atoms with Crippen molar-refractivity contribution in [2.45, 2.75) is 23.8 Å². The van der Waals surface area contributed by atoms with E-state index in [9.17, 15) is 22.4 Å². The molecular weight excluding hydrogens is 380 g/mol. The second kappa shape index (κ2) is 7.56. The zero-order valence-corrected chi connectivity index (χ0v) is 14.9. The Morgan fingerprint density at radius 2 is 1.52 bits per heavy atom. The molecule has 3 rings (SSSR count). The van der Waals surface area contributed by atoms with Crippen LogP contribution in [0.2, 0.25) is 0 Å². The normalized spacial score (nSPS) is 11.8. The third-order valence-corrected chi connectivity index (χ3v) is 4.64. The third-order valence-electron chi connectivity index (χ3n) is 3.74. The van der Waals surface area contributed by atoms with Crippen LogP contribution in [-0.4, -0.2) is 27.1 Å². The summed E-state index contributed by atoms with van der Waals surface area (Å²) in [5, 5.41) is -4.86. The van der Waals surface area contributed by atoms with Crippen molar-refractivity contribution in [3.8, 4) is 22.5 Å². The zero-order chi connectivity index (χ0) is 19.6. The number of nitrogens with zero attached hydrogens (tertiary/aromatic N) is 2. The molecule has 140 valence electrons. The maximum Gasteiger partial charge on any atom is 0.360 e. The minimum Gasteiger partial charge on any atom is -0.274 e. The Morgan fingerprint density at radius 1 is 1.00 bits per heavy atom. The summed E-state index contributed by atoms with van der Waals surface area (Å²) in [5.74, 6) is -0.601. The molecule has 0 spiro atoms. The molecule has 2 aromatic carbocycles. The monoisotopic (exact) mass is 394 g/mol. The van der Waals surface area contributed by atoms with Crippen LogP contribution in [0.15, 0.2) is 65.8 Å². The molecule has 0 atom stereocenters. The van der Waals surface area contributed by atoms with Gasteiger partial charge in [-0.2, -0.15) is 8.78 Å². The predicted octanol–water partition coefficient (Wildman–Crippen LogP) is 5.83. The molecular formula is C19H14F4N2OS. The first kappa shape index (κ1) is 19.2. The van der Waals surface area contributed by atoms with E-state index in [0.29, 0.717) is 11.1 Å². The summed E-state index contributed by atoms with van der Waals surface area (Å²) in [6, 6.07) is 17.3. The first-order valence-electron chi connectivity index (χ1n) is 7.90. The van der Waals surface area contributed by atoms with E-state index < -0.39 is 34.5 Å². The lowest BCUT2D eigenvalue weighted by atomic mass is 10.0. The third kappa shape index (κ3) is 3.90. The summed E-state index contributed by atoms with van der Waals surface area (Å²) in [6.45, 7) is 1.17. The topological polar surface area (TPSA) is 34.9 Å². The molecule has 3 aromatic rings. The van der Waals surface area contributed by atoms with Gasteiger partial charge < -0.3 is 0 Å². The van der Waals surface area contributed by atoms with Gasteiger partial charge in [-0.15, -0.1) is 0 Å². The Labute approximate surface area is 157 Å². The van der Waals surface area contributed by atoms with Crippen LogP contribution in [0.25, 0.3) is 22.5 Å². The Bertz CT molecular complexity index is 943. The fourth-order valence-corrected chi connectivity index (χ4v) is 3.37. The van der Waals surface area contributed by atoms with E-state index in [1.165, 1.54) is 6.92 Å². The molecule has 0 amide bonds. The molecule has 0 radical (unpaired) electrons. The molecule has 8 heteroatoms. The number of rotatable bonds is 5. The van der Waals surface area contributed by atoms with Crippen molar-refractivity contribution in [1.29, 1.82) is 0 Å². The van der Waals surface area contributed by atoms with Crippen LogP contribution in [0.3, 0.4) is 0 Å². The maximum atomic E-state index is 13.7. The van der Waals surface area contributed by atoms with Crippen molar-refractivity contribution < 1.29 is 22.4 Å². The van der Waals surface area contributed by atoms with Crippen LogP contribution in [0.5, 0.6) is 0 Å². The minimum atomic E-state index is -4.37. The van der Waals surface area contributed by atoms with Gasteiger partial charge in [-0.25, -0.2) is 13.8 Å². The number of benzene rings is 2. The molecule has 0 fully saturated rings. The van der Waals surface area contributed by atoms with E-state index in [2.05, 4.69) is 4.98 Å². The highest BCUT2D eigenvalue weighted by atomic mass is 32.2. The molecule has 0 aliphatic carbocycles. The van der Waals surface area contributed by atoms with Gasteiger partial charge in [-0.3, -0.25) is 9.36 Å². The number of carbonyl (C=O) groups is 1. The zero-order valence-electron chi connectivity index (χ0n) is 14.1. The molecule has 0 saturated carbocycles. The summed E-state index contributed by atoms with van der Waals surface area (Å²) in [5.41, 5.74) is 1.69. The Kier molecular flexibility index (Phi) is 5.36. The highest BCUT2D eigenvalue weighted by Gasteiger charge is 2.44. The van der Waals surface area contributed by atoms with Crippen LogP contribution < -0.4 is 0 Å². The lowest BCUT2D eigenvalue weighted by molar-refractivity contribution is -0.0566. The molecule has 1 aromatic heterocycles. The average molecular weight is 394 g/mol. The van der Waals surface area contributed by atoms with Crippen LogP contribution in [-0.2, 0) is 0 Å². The van der Waals surface area contributed by atoms with E-state index in [1.807, 2.05) is 0 Å². The molecule has 0 saturated heterocycles. The van der Waals surface area contributed by atoms with Crippen molar-refractivity contribution in [2.24, 2.45) is 0 Å². The Morgan fingerprint density at radius 3 is 2.00 bits per heavy atom. The van der Waals surface area contributed by atoms with Crippen LogP contribution in [0.4, 0.5) is 17.6 Å². The number of hydrogen-bond donors (Lipinski definition) is 0. The molecule has 0 aliphatic heterocycles. The van der Waals surface area contributed by atoms with Crippen LogP contribution in [0.1, 0.15) is 11.7 Å². The average Bonchev–Trinajstić information content (AvgIpc) is 3.01. The molecule has 0 bridgehead atoms. The number of hydrogen-bond acceptors (Lipinski definition) is 3. The maximum absolute atomic E-state index is 13.7. The standard InChI is InChI=1S/C19H14F4N2OS/c1-12(26)25-16(14-10-6-3-7-11-14)15(13-8-4-2-5-9-13)24-18(25)27-19(22,23)17(20)21/h2-11,17H,1H3. The quantitative estimate of drug-likeness (QED) is 0.404. The lowest BCUT2D eigenvalue weighted by Gasteiger charge is -2.14. The van der Waals surface area contributed by atoms with Crippen molar-refractivity contribution in [2.75, 3.05) is 0 Å². The van der Waals surface area contributed by atoms with Crippen LogP contribution in [0, 0.1) is 0 Å². The van der Waals surface area contributed by atoms with Crippen molar-refractivity contribution >= 4 is 17.7 Å². The largest absolute Gasteiger partial charge is 0.360 e. The summed E-state index contributed by atoms with van der Waals surface area (Å²) in [6.07, 6.45) is -3.89. The lowest BCUT2D eigenvalue weighted by Crippen LogP contribution is -2.23. The summed E-state index contributed by atoms with van der Waals surface area (Å²) in [7, 11) is 0. The summed E-state index contributed by atoms with van der Waals surface area (Å²) >= 11 is -0.419. The number of carbonyl (C=O) groups excluding carboxylic acids is 1. The van der Waals surface area contributed by atoms with E-state index in [4.69, 9.17) is 0 Å². The fraction of sp³-hybridized carbons (Fsp3) is 0.158. The summed E-state index contributed by atoms with van der Waals surface area (Å²) < 4.78 is 53.7. The Hall–Kier alpha value is -2.61.